The molecule has 39 heavy (non-hydrogen) atoms. The summed E-state index contributed by atoms with van der Waals surface area (Å²) >= 11 is 0. The van der Waals surface area contributed by atoms with E-state index in [9.17, 15) is 25.1 Å². The number of aromatic nitrogens is 6. The second kappa shape index (κ2) is 10.8. The first-order chi connectivity index (χ1) is 18.8. The van der Waals surface area contributed by atoms with Crippen molar-refractivity contribution in [3.8, 4) is 6.19 Å². The maximum Gasteiger partial charge on any atom is 0.330 e. The van der Waals surface area contributed by atoms with Gasteiger partial charge in [0.05, 0.1) is 31.6 Å². The summed E-state index contributed by atoms with van der Waals surface area (Å²) in [6.07, 6.45) is 2.88. The predicted octanol–water partition coefficient (Wildman–Crippen LogP) is -2.42. The highest BCUT2D eigenvalue weighted by molar-refractivity contribution is 5.82. The van der Waals surface area contributed by atoms with Crippen LogP contribution >= 0.6 is 0 Å². The number of ether oxygens (including phenoxy) is 2. The number of guanidine groups is 1. The summed E-state index contributed by atoms with van der Waals surface area (Å²) < 4.78 is 14.7. The Morgan fingerprint density at radius 2 is 2.03 bits per heavy atom. The van der Waals surface area contributed by atoms with E-state index in [1.807, 2.05) is 0 Å². The van der Waals surface area contributed by atoms with Crippen LogP contribution < -0.4 is 27.6 Å². The normalized spacial score (nSPS) is 27.1. The van der Waals surface area contributed by atoms with Gasteiger partial charge in [0.25, 0.3) is 5.56 Å². The van der Waals surface area contributed by atoms with Gasteiger partial charge in [-0.1, -0.05) is 0 Å². The molecule has 206 valence electrons. The zero-order chi connectivity index (χ0) is 27.7. The van der Waals surface area contributed by atoms with Crippen molar-refractivity contribution in [1.29, 1.82) is 5.26 Å². The number of imidazole rings is 1. The molecular weight excluding hydrogens is 514 g/mol. The summed E-state index contributed by atoms with van der Waals surface area (Å²) in [5.41, 5.74) is 5.95. The minimum atomic E-state index is -0.863. The van der Waals surface area contributed by atoms with Gasteiger partial charge in [-0.05, 0) is 6.92 Å². The van der Waals surface area contributed by atoms with E-state index < -0.39 is 48.1 Å². The molecule has 0 radical (unpaired) electrons. The fourth-order valence-electron chi connectivity index (χ4n) is 4.68. The van der Waals surface area contributed by atoms with Crippen LogP contribution in [0, 0.1) is 18.4 Å². The van der Waals surface area contributed by atoms with E-state index >= 15 is 0 Å². The van der Waals surface area contributed by atoms with Crippen molar-refractivity contribution in [3.05, 3.63) is 45.3 Å². The number of H-pyrrole nitrogens is 1. The molecule has 0 saturated carbocycles. The lowest BCUT2D eigenvalue weighted by Crippen LogP contribution is -2.47. The first-order valence-electron chi connectivity index (χ1n) is 12.1. The number of nitriles is 1. The van der Waals surface area contributed by atoms with Gasteiger partial charge in [-0.3, -0.25) is 24.2 Å². The molecule has 2 aliphatic heterocycles. The first kappa shape index (κ1) is 26.2. The molecule has 2 aliphatic rings. The topological polar surface area (TPSA) is 244 Å². The summed E-state index contributed by atoms with van der Waals surface area (Å²) in [7, 11) is 0. The Morgan fingerprint density at radius 1 is 1.26 bits per heavy atom. The van der Waals surface area contributed by atoms with Crippen LogP contribution in [0.2, 0.25) is 0 Å². The Balaban J connectivity index is 1.28. The monoisotopic (exact) mass is 541 g/mol. The number of rotatable bonds is 6. The number of hydrogen-bond donors (Lipinski definition) is 6. The van der Waals surface area contributed by atoms with Crippen LogP contribution in [-0.2, 0) is 9.47 Å². The minimum absolute atomic E-state index is 0.00218. The third kappa shape index (κ3) is 5.18. The number of hydrogen-bond acceptors (Lipinski definition) is 12. The molecule has 5 rings (SSSR count). The fourth-order valence-corrected chi connectivity index (χ4v) is 4.68. The van der Waals surface area contributed by atoms with Gasteiger partial charge >= 0.3 is 5.69 Å². The zero-order valence-electron chi connectivity index (χ0n) is 20.8. The van der Waals surface area contributed by atoms with Crippen LogP contribution in [0.5, 0.6) is 0 Å². The molecule has 0 aliphatic carbocycles. The Hall–Kier alpha value is -4.37. The van der Waals surface area contributed by atoms with Crippen molar-refractivity contribution in [2.24, 2.45) is 4.99 Å². The van der Waals surface area contributed by atoms with Gasteiger partial charge in [0.1, 0.15) is 36.5 Å². The van der Waals surface area contributed by atoms with Gasteiger partial charge in [0, 0.05) is 24.6 Å². The van der Waals surface area contributed by atoms with Crippen LogP contribution in [-0.4, -0.2) is 82.7 Å². The molecule has 0 amide bonds. The quantitative estimate of drug-likeness (QED) is 0.0824. The van der Waals surface area contributed by atoms with Crippen LogP contribution in [0.4, 0.5) is 5.82 Å². The molecule has 5 heterocycles. The van der Waals surface area contributed by atoms with E-state index in [4.69, 9.17) is 15.2 Å². The van der Waals surface area contributed by atoms with Gasteiger partial charge < -0.3 is 30.7 Å². The first-order valence-corrected chi connectivity index (χ1v) is 12.1. The van der Waals surface area contributed by atoms with Crippen LogP contribution in [0.3, 0.4) is 0 Å². The van der Waals surface area contributed by atoms with Crippen molar-refractivity contribution >= 4 is 22.9 Å². The second-order valence-corrected chi connectivity index (χ2v) is 9.22. The number of aryl methyl sites for hydroxylation is 1. The third-order valence-corrected chi connectivity index (χ3v) is 6.70. The number of aliphatic imine (C=N–C) groups is 1. The lowest BCUT2D eigenvalue weighted by molar-refractivity contribution is -0.0282. The van der Waals surface area contributed by atoms with Crippen molar-refractivity contribution in [1.82, 2.24) is 39.7 Å². The Kier molecular flexibility index (Phi) is 7.26. The molecule has 3 aromatic heterocycles. The molecule has 2 fully saturated rings. The van der Waals surface area contributed by atoms with Crippen molar-refractivity contribution in [3.63, 3.8) is 0 Å². The van der Waals surface area contributed by atoms with Crippen molar-refractivity contribution in [2.45, 2.75) is 56.6 Å². The van der Waals surface area contributed by atoms with E-state index in [0.29, 0.717) is 16.7 Å². The number of nitrogens with one attached hydrogen (secondary N) is 3. The average Bonchev–Trinajstić information content (AvgIpc) is 3.62. The molecular formula is C22H27N11O6. The lowest BCUT2D eigenvalue weighted by Gasteiger charge is -2.20. The van der Waals surface area contributed by atoms with Crippen LogP contribution in [0.25, 0.3) is 11.2 Å². The minimum Gasteiger partial charge on any atom is -0.394 e. The van der Waals surface area contributed by atoms with Crippen molar-refractivity contribution in [2.75, 3.05) is 18.9 Å². The van der Waals surface area contributed by atoms with Gasteiger partial charge in [-0.25, -0.2) is 24.7 Å². The Bertz CT molecular complexity index is 1540. The molecule has 6 unspecified atom stereocenters. The number of anilines is 1. The number of nitrogens with zero attached hydrogens (tertiary/aromatic N) is 7. The molecule has 7 N–H and O–H groups in total. The fraction of sp³-hybridized carbons (Fsp3) is 0.500. The highest BCUT2D eigenvalue weighted by atomic mass is 16.5. The molecule has 0 bridgehead atoms. The molecule has 17 heteroatoms. The third-order valence-electron chi connectivity index (χ3n) is 6.70. The molecule has 3 aromatic rings. The molecule has 6 atom stereocenters. The number of nitrogens with two attached hydrogens (primary N) is 1. The lowest BCUT2D eigenvalue weighted by atomic mass is 10.1. The molecule has 0 spiro atoms. The van der Waals surface area contributed by atoms with Crippen molar-refractivity contribution < 1.29 is 19.7 Å². The summed E-state index contributed by atoms with van der Waals surface area (Å²) in [4.78, 5) is 43.0. The number of fused-ring (bicyclic) bond motifs is 1. The largest absolute Gasteiger partial charge is 0.394 e. The molecule has 2 saturated heterocycles. The summed E-state index contributed by atoms with van der Waals surface area (Å²) in [6.45, 7) is 1.19. The van der Waals surface area contributed by atoms with Gasteiger partial charge in [-0.2, -0.15) is 5.26 Å². The summed E-state index contributed by atoms with van der Waals surface area (Å²) in [5, 5.41) is 35.2. The van der Waals surface area contributed by atoms with E-state index in [-0.39, 0.29) is 37.8 Å². The van der Waals surface area contributed by atoms with Gasteiger partial charge in [0.15, 0.2) is 17.7 Å². The Labute approximate surface area is 219 Å². The number of aliphatic hydroxyl groups excluding tert-OH is 2. The number of aromatic amines is 1. The van der Waals surface area contributed by atoms with Crippen LogP contribution in [0.15, 0.2) is 33.4 Å². The standard InChI is InChI=1S/C22H27N11O6/c1-10-5-32(22(37)31-20(10)36)15-2-11(14(6-34)39-15)30-21(26-7-23)25-4-13-12(35)3-16(38-13)33-9-29-17-18(24)27-8-28-19(17)33/h5,8-9,11-16,34-35H,2-4,6H2,1H3,(H2,24,27,28)(H2,25,26,30)(H,31,36,37). The maximum atomic E-state index is 12.3. The van der Waals surface area contributed by atoms with Crippen LogP contribution in [0.1, 0.15) is 30.9 Å². The van der Waals surface area contributed by atoms with E-state index in [1.165, 1.54) is 23.4 Å². The Morgan fingerprint density at radius 3 is 2.79 bits per heavy atom. The number of aliphatic hydroxyl groups is 2. The smallest absolute Gasteiger partial charge is 0.330 e. The highest BCUT2D eigenvalue weighted by Crippen LogP contribution is 2.32. The summed E-state index contributed by atoms with van der Waals surface area (Å²) in [5.74, 6) is 0.305. The highest BCUT2D eigenvalue weighted by Gasteiger charge is 2.38. The molecule has 0 aromatic carbocycles. The SMILES string of the molecule is Cc1cn(C2CC(NC(=NCC3OC(n4cnc5c(N)ncnc54)CC3O)NC#N)C(CO)O2)c(=O)[nH]c1=O. The van der Waals surface area contributed by atoms with Gasteiger partial charge in [0.2, 0.25) is 5.96 Å². The second-order valence-electron chi connectivity index (χ2n) is 9.22. The summed E-state index contributed by atoms with van der Waals surface area (Å²) in [6, 6.07) is -0.539. The van der Waals surface area contributed by atoms with E-state index in [1.54, 1.807) is 17.7 Å². The molecule has 17 nitrogen and oxygen atoms in total. The van der Waals surface area contributed by atoms with E-state index in [2.05, 4.69) is 35.6 Å². The predicted molar refractivity (Wildman–Crippen MR) is 134 cm³/mol. The zero-order valence-corrected chi connectivity index (χ0v) is 20.8. The average molecular weight is 542 g/mol. The maximum absolute atomic E-state index is 12.3. The number of nitrogen functional groups attached to an aromatic ring is 1. The van der Waals surface area contributed by atoms with E-state index in [0.717, 1.165) is 0 Å². The van der Waals surface area contributed by atoms with Gasteiger partial charge in [-0.15, -0.1) is 0 Å².